The summed E-state index contributed by atoms with van der Waals surface area (Å²) in [7, 11) is 0. The van der Waals surface area contributed by atoms with Crippen molar-refractivity contribution in [2.75, 3.05) is 6.61 Å². The van der Waals surface area contributed by atoms with Gasteiger partial charge in [0.2, 0.25) is 0 Å². The largest absolute Gasteiger partial charge is 0.544 e. The van der Waals surface area contributed by atoms with Crippen molar-refractivity contribution in [1.82, 2.24) is 0 Å². The zero-order valence-corrected chi connectivity index (χ0v) is 17.5. The predicted octanol–water partition coefficient (Wildman–Crippen LogP) is -0.389. The van der Waals surface area contributed by atoms with Crippen LogP contribution in [0.5, 0.6) is 0 Å². The molecule has 1 aliphatic heterocycles. The fourth-order valence-corrected chi connectivity index (χ4v) is 4.50. The van der Waals surface area contributed by atoms with Crippen LogP contribution < -0.4 is 5.11 Å². The molecule has 10 nitrogen and oxygen atoms in total. The van der Waals surface area contributed by atoms with E-state index in [9.17, 15) is 46.6 Å². The van der Waals surface area contributed by atoms with E-state index in [1.807, 2.05) is 0 Å². The first-order valence-corrected chi connectivity index (χ1v) is 9.76. The van der Waals surface area contributed by atoms with Crippen LogP contribution in [0.4, 0.5) is 17.6 Å². The number of esters is 4. The van der Waals surface area contributed by atoms with Gasteiger partial charge in [-0.1, -0.05) is 0 Å². The van der Waals surface area contributed by atoms with E-state index in [1.54, 1.807) is 20.8 Å². The lowest BCUT2D eigenvalue weighted by molar-refractivity contribution is -0.346. The third-order valence-electron chi connectivity index (χ3n) is 5.72. The average Bonchev–Trinajstić information content (AvgIpc) is 3.27. The molecule has 6 atom stereocenters. The molecule has 3 rings (SSSR count). The van der Waals surface area contributed by atoms with Gasteiger partial charge in [-0.3, -0.25) is 9.59 Å². The Kier molecular flexibility index (Phi) is 5.87. The fourth-order valence-electron chi connectivity index (χ4n) is 4.50. The van der Waals surface area contributed by atoms with Crippen molar-refractivity contribution in [2.24, 2.45) is 23.7 Å². The molecule has 3 aliphatic rings. The summed E-state index contributed by atoms with van der Waals surface area (Å²) >= 11 is 0. The van der Waals surface area contributed by atoms with E-state index in [2.05, 4.69) is 4.74 Å². The number of fused-ring (bicyclic) bond motifs is 1. The summed E-state index contributed by atoms with van der Waals surface area (Å²) in [5.74, 6) is -24.0. The fraction of sp³-hybridized carbons (Fsp3) is 0.737. The van der Waals surface area contributed by atoms with E-state index in [1.165, 1.54) is 0 Å². The summed E-state index contributed by atoms with van der Waals surface area (Å²) in [6.45, 7) is 3.27. The molecule has 0 amide bonds. The van der Waals surface area contributed by atoms with Crippen molar-refractivity contribution in [3.8, 4) is 0 Å². The molecule has 6 unspecified atom stereocenters. The third-order valence-corrected chi connectivity index (χ3v) is 5.72. The van der Waals surface area contributed by atoms with E-state index in [-0.39, 0.29) is 6.42 Å². The Bertz CT molecular complexity index is 895. The second-order valence-electron chi connectivity index (χ2n) is 9.02. The number of carbonyl (C=O) groups is 5. The average molecular weight is 483 g/mol. The molecule has 2 bridgehead atoms. The molecule has 2 aliphatic carbocycles. The molecular formula is C19H19F4O10-. The maximum absolute atomic E-state index is 13.4. The van der Waals surface area contributed by atoms with Crippen molar-refractivity contribution in [1.29, 1.82) is 0 Å². The summed E-state index contributed by atoms with van der Waals surface area (Å²) in [6.07, 6.45) is -1.85. The Balaban J connectivity index is 1.66. The Labute approximate surface area is 183 Å². The van der Waals surface area contributed by atoms with Crippen LogP contribution in [0, 0.1) is 23.7 Å². The van der Waals surface area contributed by atoms with Crippen molar-refractivity contribution in [3.63, 3.8) is 0 Å². The number of halogens is 4. The Morgan fingerprint density at radius 1 is 1.06 bits per heavy atom. The summed E-state index contributed by atoms with van der Waals surface area (Å²) in [6, 6.07) is 0. The van der Waals surface area contributed by atoms with E-state index in [0.717, 1.165) is 0 Å². The molecule has 1 saturated heterocycles. The standard InChI is InChI=1S/C19H20F4O10/c1-17(2,3)33-14(26)10-7-4-6-9(10)13(25)32-12(6)11(7)31-8(24)5-30-16(29)19(22,23)18(20,21)15(27)28/h6-7,9-12H,4-5H2,1-3H3,(H,27,28)/p-1. The first-order chi connectivity index (χ1) is 15.0. The molecule has 0 aromatic carbocycles. The molecule has 1 heterocycles. The van der Waals surface area contributed by atoms with Crippen molar-refractivity contribution >= 4 is 29.8 Å². The number of ether oxygens (including phenoxy) is 4. The Hall–Kier alpha value is -2.93. The smallest absolute Gasteiger partial charge is 0.410 e. The van der Waals surface area contributed by atoms with Gasteiger partial charge in [-0.05, 0) is 27.2 Å². The highest BCUT2D eigenvalue weighted by atomic mass is 19.3. The molecule has 184 valence electrons. The maximum atomic E-state index is 13.4. The lowest BCUT2D eigenvalue weighted by Gasteiger charge is -2.32. The minimum Gasteiger partial charge on any atom is -0.544 e. The predicted molar refractivity (Wildman–Crippen MR) is 90.0 cm³/mol. The Morgan fingerprint density at radius 2 is 1.67 bits per heavy atom. The molecule has 0 aromatic heterocycles. The van der Waals surface area contributed by atoms with Gasteiger partial charge in [-0.25, -0.2) is 9.59 Å². The van der Waals surface area contributed by atoms with Crippen molar-refractivity contribution < 1.29 is 65.6 Å². The first kappa shape index (κ1) is 24.7. The van der Waals surface area contributed by atoms with Crippen molar-refractivity contribution in [2.45, 2.75) is 56.8 Å². The molecule has 14 heteroatoms. The van der Waals surface area contributed by atoms with Crippen LogP contribution in [0.1, 0.15) is 27.2 Å². The second-order valence-corrected chi connectivity index (χ2v) is 9.02. The lowest BCUT2D eigenvalue weighted by atomic mass is 9.78. The van der Waals surface area contributed by atoms with Gasteiger partial charge in [0, 0.05) is 11.8 Å². The molecule has 0 N–H and O–H groups in total. The quantitative estimate of drug-likeness (QED) is 0.267. The minimum atomic E-state index is -5.88. The van der Waals surface area contributed by atoms with Gasteiger partial charge in [-0.2, -0.15) is 17.6 Å². The summed E-state index contributed by atoms with van der Waals surface area (Å²) in [4.78, 5) is 58.3. The molecule has 3 fully saturated rings. The summed E-state index contributed by atoms with van der Waals surface area (Å²) in [5.41, 5.74) is -0.875. The zero-order valence-electron chi connectivity index (χ0n) is 17.5. The van der Waals surface area contributed by atoms with Crippen LogP contribution in [-0.2, 0) is 42.9 Å². The lowest BCUT2D eigenvalue weighted by Crippen LogP contribution is -2.58. The van der Waals surface area contributed by atoms with Crippen LogP contribution in [0.3, 0.4) is 0 Å². The molecular weight excluding hydrogens is 464 g/mol. The van der Waals surface area contributed by atoms with E-state index in [4.69, 9.17) is 14.2 Å². The first-order valence-electron chi connectivity index (χ1n) is 9.76. The Morgan fingerprint density at radius 3 is 2.21 bits per heavy atom. The van der Waals surface area contributed by atoms with Crippen LogP contribution >= 0.6 is 0 Å². The van der Waals surface area contributed by atoms with Crippen LogP contribution in [0.25, 0.3) is 0 Å². The van der Waals surface area contributed by atoms with Gasteiger partial charge >= 0.3 is 35.7 Å². The molecule has 0 radical (unpaired) electrons. The van der Waals surface area contributed by atoms with Crippen LogP contribution in [0.2, 0.25) is 0 Å². The number of aliphatic carboxylic acids is 1. The number of carbonyl (C=O) groups excluding carboxylic acids is 5. The van der Waals surface area contributed by atoms with Gasteiger partial charge in [0.25, 0.3) is 0 Å². The van der Waals surface area contributed by atoms with Gasteiger partial charge in [0.1, 0.15) is 23.8 Å². The number of carboxylic acid groups (broad SMARTS) is 1. The number of hydrogen-bond acceptors (Lipinski definition) is 10. The molecule has 2 saturated carbocycles. The van der Waals surface area contributed by atoms with Crippen molar-refractivity contribution in [3.05, 3.63) is 0 Å². The molecule has 0 spiro atoms. The van der Waals surface area contributed by atoms with E-state index in [0.29, 0.717) is 0 Å². The monoisotopic (exact) mass is 483 g/mol. The second kappa shape index (κ2) is 7.83. The highest BCUT2D eigenvalue weighted by Crippen LogP contribution is 2.59. The third kappa shape index (κ3) is 4.10. The van der Waals surface area contributed by atoms with Crippen LogP contribution in [-0.4, -0.2) is 66.1 Å². The van der Waals surface area contributed by atoms with Gasteiger partial charge in [0.05, 0.1) is 11.8 Å². The SMILES string of the molecule is CC(C)(C)OC(=O)C1C2CC3C(OC(=O)C31)C2OC(=O)COC(=O)C(F)(F)C(F)(F)C(=O)[O-]. The van der Waals surface area contributed by atoms with E-state index >= 15 is 0 Å². The van der Waals surface area contributed by atoms with E-state index < -0.39 is 89.8 Å². The number of hydrogen-bond donors (Lipinski definition) is 0. The zero-order chi connectivity index (χ0) is 25.1. The number of carboxylic acids is 1. The highest BCUT2D eigenvalue weighted by Gasteiger charge is 2.70. The number of alkyl halides is 4. The molecule has 0 aromatic rings. The summed E-state index contributed by atoms with van der Waals surface area (Å²) in [5, 5.41) is 10.2. The highest BCUT2D eigenvalue weighted by molar-refractivity contribution is 5.89. The molecule has 33 heavy (non-hydrogen) atoms. The normalized spacial score (nSPS) is 30.6. The van der Waals surface area contributed by atoms with Gasteiger partial charge < -0.3 is 28.8 Å². The number of rotatable bonds is 7. The maximum Gasteiger partial charge on any atom is 0.410 e. The van der Waals surface area contributed by atoms with Gasteiger partial charge in [-0.15, -0.1) is 0 Å². The topological polar surface area (TPSA) is 145 Å². The minimum absolute atomic E-state index is 0.263. The van der Waals surface area contributed by atoms with Crippen LogP contribution in [0.15, 0.2) is 0 Å². The summed E-state index contributed by atoms with van der Waals surface area (Å²) < 4.78 is 72.1. The van der Waals surface area contributed by atoms with Gasteiger partial charge in [0.15, 0.2) is 6.61 Å².